The third-order valence-electron chi connectivity index (χ3n) is 2.75. The van der Waals surface area contributed by atoms with E-state index in [2.05, 4.69) is 4.18 Å². The van der Waals surface area contributed by atoms with E-state index in [1.807, 2.05) is 0 Å². The molecule has 0 unspecified atom stereocenters. The van der Waals surface area contributed by atoms with Crippen LogP contribution < -0.4 is 4.18 Å². The predicted molar refractivity (Wildman–Crippen MR) is 74.3 cm³/mol. The first-order chi connectivity index (χ1) is 9.76. The van der Waals surface area contributed by atoms with E-state index in [4.69, 9.17) is 0 Å². The molecule has 112 valence electrons. The van der Waals surface area contributed by atoms with Gasteiger partial charge in [0.25, 0.3) is 0 Å². The Kier molecular flexibility index (Phi) is 3.95. The van der Waals surface area contributed by atoms with Gasteiger partial charge < -0.3 is 4.18 Å². The van der Waals surface area contributed by atoms with Crippen LogP contribution >= 0.6 is 0 Å². The van der Waals surface area contributed by atoms with Gasteiger partial charge in [0.2, 0.25) is 0 Å². The van der Waals surface area contributed by atoms with Crippen molar-refractivity contribution in [3.8, 4) is 5.75 Å². The Hall–Kier alpha value is -2.02. The highest BCUT2D eigenvalue weighted by atomic mass is 32.2. The summed E-state index contributed by atoms with van der Waals surface area (Å²) in [6, 6.07) is 9.64. The van der Waals surface area contributed by atoms with Gasteiger partial charge in [-0.2, -0.15) is 21.6 Å². The second kappa shape index (κ2) is 5.40. The molecule has 2 aromatic carbocycles. The number of hydrogen-bond donors (Lipinski definition) is 0. The molecule has 0 aliphatic heterocycles. The summed E-state index contributed by atoms with van der Waals surface area (Å²) in [7, 11) is -5.69. The smallest absolute Gasteiger partial charge is 0.375 e. The Morgan fingerprint density at radius 2 is 1.76 bits per heavy atom. The van der Waals surface area contributed by atoms with Gasteiger partial charge in [0, 0.05) is 5.56 Å². The fourth-order valence-electron chi connectivity index (χ4n) is 1.85. The average Bonchev–Trinajstić information content (AvgIpc) is 2.40. The Morgan fingerprint density at radius 3 is 2.38 bits per heavy atom. The number of hydrogen-bond acceptors (Lipinski definition) is 3. The molecular weight excluding hydrogens is 305 g/mol. The molecule has 0 amide bonds. The molecular formula is C14H11F3O3S. The predicted octanol–water partition coefficient (Wildman–Crippen LogP) is 4.10. The molecule has 2 aromatic rings. The van der Waals surface area contributed by atoms with Crippen LogP contribution in [0.15, 0.2) is 42.5 Å². The van der Waals surface area contributed by atoms with Crippen LogP contribution in [0.25, 0.3) is 16.8 Å². The molecule has 21 heavy (non-hydrogen) atoms. The number of halogens is 3. The Bertz CT molecular complexity index is 793. The standard InChI is InChI=1S/C14H11F3O3S/c1-2-5-12-11-7-4-3-6-10(11)8-9-13(12)20-21(18,19)14(15,16)17/h2-9H,1H3. The number of alkyl halides is 3. The van der Waals surface area contributed by atoms with Gasteiger partial charge in [0.1, 0.15) is 0 Å². The third-order valence-corrected chi connectivity index (χ3v) is 3.71. The Labute approximate surface area is 119 Å². The zero-order valence-electron chi connectivity index (χ0n) is 10.9. The van der Waals surface area contributed by atoms with Gasteiger partial charge in [0.05, 0.1) is 0 Å². The van der Waals surface area contributed by atoms with Crippen molar-refractivity contribution in [3.63, 3.8) is 0 Å². The van der Waals surface area contributed by atoms with Crippen molar-refractivity contribution in [1.82, 2.24) is 0 Å². The van der Waals surface area contributed by atoms with Crippen LogP contribution in [0.2, 0.25) is 0 Å². The molecule has 0 aromatic heterocycles. The summed E-state index contributed by atoms with van der Waals surface area (Å²) in [5.74, 6) is -0.357. The molecule has 0 spiro atoms. The molecule has 7 heteroatoms. The van der Waals surface area contributed by atoms with Crippen LogP contribution in [0.3, 0.4) is 0 Å². The second-order valence-corrected chi connectivity index (χ2v) is 5.72. The molecule has 0 radical (unpaired) electrons. The lowest BCUT2D eigenvalue weighted by atomic mass is 10.0. The molecule has 0 aliphatic carbocycles. The van der Waals surface area contributed by atoms with Gasteiger partial charge in [-0.25, -0.2) is 0 Å². The SMILES string of the molecule is CC=Cc1c(OS(=O)(=O)C(F)(F)F)ccc2ccccc12. The van der Waals surface area contributed by atoms with Crippen molar-refractivity contribution < 1.29 is 25.8 Å². The van der Waals surface area contributed by atoms with Crippen molar-refractivity contribution in [2.75, 3.05) is 0 Å². The van der Waals surface area contributed by atoms with Crippen LogP contribution in [0.5, 0.6) is 5.75 Å². The van der Waals surface area contributed by atoms with E-state index >= 15 is 0 Å². The van der Waals surface area contributed by atoms with Crippen LogP contribution in [0, 0.1) is 0 Å². The minimum Gasteiger partial charge on any atom is -0.375 e. The van der Waals surface area contributed by atoms with Crippen molar-refractivity contribution in [1.29, 1.82) is 0 Å². The third kappa shape index (κ3) is 3.02. The van der Waals surface area contributed by atoms with Gasteiger partial charge in [-0.15, -0.1) is 0 Å². The quantitative estimate of drug-likeness (QED) is 0.632. The van der Waals surface area contributed by atoms with Gasteiger partial charge in [-0.05, 0) is 23.8 Å². The lowest BCUT2D eigenvalue weighted by molar-refractivity contribution is -0.0500. The Morgan fingerprint density at radius 1 is 1.10 bits per heavy atom. The van der Waals surface area contributed by atoms with E-state index < -0.39 is 15.6 Å². The molecule has 0 N–H and O–H groups in total. The maximum Gasteiger partial charge on any atom is 0.534 e. The molecule has 0 bridgehead atoms. The molecule has 0 fully saturated rings. The molecule has 0 saturated carbocycles. The Balaban J connectivity index is 2.62. The minimum atomic E-state index is -5.69. The largest absolute Gasteiger partial charge is 0.534 e. The first-order valence-electron chi connectivity index (χ1n) is 5.91. The zero-order chi connectivity index (χ0) is 15.7. The van der Waals surface area contributed by atoms with E-state index in [0.29, 0.717) is 5.39 Å². The second-order valence-electron chi connectivity index (χ2n) is 4.18. The van der Waals surface area contributed by atoms with Gasteiger partial charge in [-0.1, -0.05) is 42.5 Å². The van der Waals surface area contributed by atoms with Crippen molar-refractivity contribution >= 4 is 27.0 Å². The van der Waals surface area contributed by atoms with Crippen LogP contribution in [0.1, 0.15) is 12.5 Å². The van der Waals surface area contributed by atoms with E-state index in [-0.39, 0.29) is 11.3 Å². The average molecular weight is 316 g/mol. The van der Waals surface area contributed by atoms with Gasteiger partial charge in [-0.3, -0.25) is 0 Å². The zero-order valence-corrected chi connectivity index (χ0v) is 11.7. The van der Waals surface area contributed by atoms with E-state index in [1.165, 1.54) is 18.2 Å². The number of benzene rings is 2. The number of rotatable bonds is 3. The molecule has 0 atom stereocenters. The maximum absolute atomic E-state index is 12.4. The summed E-state index contributed by atoms with van der Waals surface area (Å²) in [6.07, 6.45) is 3.10. The van der Waals surface area contributed by atoms with E-state index in [0.717, 1.165) is 5.39 Å². The summed E-state index contributed by atoms with van der Waals surface area (Å²) in [6.45, 7) is 1.67. The van der Waals surface area contributed by atoms with Crippen molar-refractivity contribution in [3.05, 3.63) is 48.0 Å². The number of fused-ring (bicyclic) bond motifs is 1. The summed E-state index contributed by atoms with van der Waals surface area (Å²) in [5.41, 5.74) is -5.19. The molecule has 3 nitrogen and oxygen atoms in total. The highest BCUT2D eigenvalue weighted by molar-refractivity contribution is 7.88. The normalized spacial score (nSPS) is 13.0. The first-order valence-corrected chi connectivity index (χ1v) is 7.32. The molecule has 0 heterocycles. The maximum atomic E-state index is 12.4. The topological polar surface area (TPSA) is 43.4 Å². The van der Waals surface area contributed by atoms with Crippen molar-refractivity contribution in [2.45, 2.75) is 12.4 Å². The monoisotopic (exact) mass is 316 g/mol. The van der Waals surface area contributed by atoms with E-state index in [1.54, 1.807) is 37.3 Å². The minimum absolute atomic E-state index is 0.281. The van der Waals surface area contributed by atoms with Gasteiger partial charge in [0.15, 0.2) is 5.75 Å². The number of allylic oxidation sites excluding steroid dienone is 1. The molecule has 0 saturated heterocycles. The lowest BCUT2D eigenvalue weighted by Crippen LogP contribution is -2.28. The summed E-state index contributed by atoms with van der Waals surface area (Å²) < 4.78 is 63.8. The highest BCUT2D eigenvalue weighted by Crippen LogP contribution is 2.33. The first kappa shape index (κ1) is 15.4. The van der Waals surface area contributed by atoms with Crippen LogP contribution in [0.4, 0.5) is 13.2 Å². The van der Waals surface area contributed by atoms with E-state index in [9.17, 15) is 21.6 Å². The van der Waals surface area contributed by atoms with Crippen molar-refractivity contribution in [2.24, 2.45) is 0 Å². The molecule has 2 rings (SSSR count). The van der Waals surface area contributed by atoms with Gasteiger partial charge >= 0.3 is 15.6 Å². The summed E-state index contributed by atoms with van der Waals surface area (Å²) >= 11 is 0. The van der Waals surface area contributed by atoms with Crippen LogP contribution in [-0.2, 0) is 10.1 Å². The summed E-state index contributed by atoms with van der Waals surface area (Å²) in [4.78, 5) is 0. The highest BCUT2D eigenvalue weighted by Gasteiger charge is 2.48. The fourth-order valence-corrected chi connectivity index (χ4v) is 2.33. The van der Waals surface area contributed by atoms with Crippen LogP contribution in [-0.4, -0.2) is 13.9 Å². The summed E-state index contributed by atoms with van der Waals surface area (Å²) in [5, 5.41) is 1.37. The lowest BCUT2D eigenvalue weighted by Gasteiger charge is -2.13. The molecule has 0 aliphatic rings. The fraction of sp³-hybridized carbons (Fsp3) is 0.143.